The van der Waals surface area contributed by atoms with Gasteiger partial charge in [-0.05, 0) is 38.0 Å². The van der Waals surface area contributed by atoms with Crippen LogP contribution in [0, 0.1) is 0 Å². The number of rotatable bonds is 4. The van der Waals surface area contributed by atoms with Gasteiger partial charge in [0.15, 0.2) is 0 Å². The Morgan fingerprint density at radius 1 is 1.24 bits per heavy atom. The highest BCUT2D eigenvalue weighted by Gasteiger charge is 2.42. The van der Waals surface area contributed by atoms with E-state index in [1.54, 1.807) is 9.80 Å². The molecular formula is C18H19BrN2O2S2. The van der Waals surface area contributed by atoms with E-state index in [1.165, 1.54) is 11.8 Å². The molecule has 0 spiro atoms. The summed E-state index contributed by atoms with van der Waals surface area (Å²) in [5.74, 6) is -0.267. The van der Waals surface area contributed by atoms with Crippen LogP contribution in [0.15, 0.2) is 27.6 Å². The molecular weight excluding hydrogens is 420 g/mol. The van der Waals surface area contributed by atoms with Gasteiger partial charge in [0, 0.05) is 22.6 Å². The molecule has 0 radical (unpaired) electrons. The first-order valence-corrected chi connectivity index (χ1v) is 10.3. The van der Waals surface area contributed by atoms with Crippen LogP contribution in [0.3, 0.4) is 0 Å². The van der Waals surface area contributed by atoms with Gasteiger partial charge in [0.2, 0.25) is 0 Å². The maximum atomic E-state index is 13.1. The molecule has 7 heteroatoms. The Kier molecular flexibility index (Phi) is 5.37. The largest absolute Gasteiger partial charge is 0.308 e. The molecule has 25 heavy (non-hydrogen) atoms. The first-order chi connectivity index (χ1) is 11.9. The second kappa shape index (κ2) is 7.21. The molecule has 1 fully saturated rings. The number of amides is 2. The molecule has 0 bridgehead atoms. The summed E-state index contributed by atoms with van der Waals surface area (Å²) in [6.45, 7) is 6.66. The van der Waals surface area contributed by atoms with Gasteiger partial charge in [0.05, 0.1) is 16.2 Å². The lowest BCUT2D eigenvalue weighted by Gasteiger charge is -2.21. The molecule has 1 saturated heterocycles. The van der Waals surface area contributed by atoms with Crippen molar-refractivity contribution in [2.24, 2.45) is 0 Å². The zero-order chi connectivity index (χ0) is 18.3. The first kappa shape index (κ1) is 18.6. The molecule has 1 aromatic rings. The normalized spacial score (nSPS) is 21.4. The lowest BCUT2D eigenvalue weighted by atomic mass is 10.1. The third kappa shape index (κ3) is 3.06. The summed E-state index contributed by atoms with van der Waals surface area (Å²) >= 11 is 10.1. The van der Waals surface area contributed by atoms with Crippen molar-refractivity contribution in [3.63, 3.8) is 0 Å². The summed E-state index contributed by atoms with van der Waals surface area (Å²) in [5.41, 5.74) is 2.14. The van der Waals surface area contributed by atoms with Gasteiger partial charge < -0.3 is 4.90 Å². The molecule has 0 N–H and O–H groups in total. The van der Waals surface area contributed by atoms with Crippen molar-refractivity contribution in [2.75, 3.05) is 11.4 Å². The van der Waals surface area contributed by atoms with Gasteiger partial charge in [-0.1, -0.05) is 53.8 Å². The lowest BCUT2D eigenvalue weighted by molar-refractivity contribution is -0.123. The Labute approximate surface area is 165 Å². The highest BCUT2D eigenvalue weighted by atomic mass is 79.9. The number of thioether (sulfide) groups is 1. The zero-order valence-electron chi connectivity index (χ0n) is 14.3. The fourth-order valence-electron chi connectivity index (χ4n) is 3.06. The number of carbonyl (C=O) groups excluding carboxylic acids is 2. The molecule has 0 saturated carbocycles. The molecule has 132 valence electrons. The molecule has 3 rings (SSSR count). The molecule has 0 aromatic heterocycles. The summed E-state index contributed by atoms with van der Waals surface area (Å²) in [6, 6.07) is 5.78. The van der Waals surface area contributed by atoms with Gasteiger partial charge in [-0.2, -0.15) is 0 Å². The Balaban J connectivity index is 2.15. The Hall–Kier alpha value is -1.18. The predicted molar refractivity (Wildman–Crippen MR) is 110 cm³/mol. The van der Waals surface area contributed by atoms with Gasteiger partial charge in [-0.3, -0.25) is 14.5 Å². The van der Waals surface area contributed by atoms with Crippen LogP contribution in [0.5, 0.6) is 0 Å². The number of thiocarbonyl (C=S) groups is 1. The Morgan fingerprint density at radius 3 is 2.60 bits per heavy atom. The Morgan fingerprint density at radius 2 is 1.96 bits per heavy atom. The first-order valence-electron chi connectivity index (χ1n) is 8.32. The van der Waals surface area contributed by atoms with E-state index >= 15 is 0 Å². The smallest absolute Gasteiger partial charge is 0.267 e. The lowest BCUT2D eigenvalue weighted by Crippen LogP contribution is -2.36. The Bertz CT molecular complexity index is 806. The maximum Gasteiger partial charge on any atom is 0.267 e. The molecule has 1 unspecified atom stereocenters. The fraction of sp³-hybridized carbons (Fsp3) is 0.389. The van der Waals surface area contributed by atoms with Crippen molar-refractivity contribution >= 4 is 67.3 Å². The monoisotopic (exact) mass is 438 g/mol. The number of halogens is 1. The van der Waals surface area contributed by atoms with Crippen molar-refractivity contribution in [2.45, 2.75) is 39.7 Å². The molecule has 2 amide bonds. The number of fused-ring (bicyclic) bond motifs is 1. The van der Waals surface area contributed by atoms with Crippen molar-refractivity contribution in [3.05, 3.63) is 33.1 Å². The maximum absolute atomic E-state index is 13.1. The van der Waals surface area contributed by atoms with E-state index in [4.69, 9.17) is 12.2 Å². The number of benzene rings is 1. The summed E-state index contributed by atoms with van der Waals surface area (Å²) in [4.78, 5) is 29.9. The molecule has 2 aliphatic rings. The van der Waals surface area contributed by atoms with Crippen molar-refractivity contribution < 1.29 is 9.59 Å². The van der Waals surface area contributed by atoms with Gasteiger partial charge >= 0.3 is 0 Å². The van der Waals surface area contributed by atoms with E-state index in [-0.39, 0.29) is 17.9 Å². The van der Waals surface area contributed by atoms with Gasteiger partial charge in [0.25, 0.3) is 11.8 Å². The van der Waals surface area contributed by atoms with E-state index in [9.17, 15) is 9.59 Å². The summed E-state index contributed by atoms with van der Waals surface area (Å²) < 4.78 is 1.41. The third-order valence-electron chi connectivity index (χ3n) is 4.48. The van der Waals surface area contributed by atoms with Crippen molar-refractivity contribution in [1.29, 1.82) is 0 Å². The van der Waals surface area contributed by atoms with Crippen LogP contribution in [0.2, 0.25) is 0 Å². The SMILES string of the molecule is CCCN1C(=O)C(=C2SC(=S)N(C(C)CC)C2=O)c2cc(Br)ccc21. The molecule has 0 aliphatic carbocycles. The van der Waals surface area contributed by atoms with E-state index in [1.807, 2.05) is 39.0 Å². The van der Waals surface area contributed by atoms with Crippen molar-refractivity contribution in [3.8, 4) is 0 Å². The highest BCUT2D eigenvalue weighted by molar-refractivity contribution is 9.10. The number of carbonyl (C=O) groups is 2. The van der Waals surface area contributed by atoms with E-state index in [2.05, 4.69) is 15.9 Å². The molecule has 1 aromatic carbocycles. The minimum absolute atomic E-state index is 0.0239. The quantitative estimate of drug-likeness (QED) is 0.509. The molecule has 4 nitrogen and oxygen atoms in total. The second-order valence-electron chi connectivity index (χ2n) is 6.12. The van der Waals surface area contributed by atoms with Gasteiger partial charge in [-0.25, -0.2) is 0 Å². The topological polar surface area (TPSA) is 40.6 Å². The fourth-order valence-corrected chi connectivity index (χ4v) is 4.96. The summed E-state index contributed by atoms with van der Waals surface area (Å²) in [7, 11) is 0. The summed E-state index contributed by atoms with van der Waals surface area (Å²) in [5, 5.41) is 0. The van der Waals surface area contributed by atoms with E-state index in [0.717, 1.165) is 28.6 Å². The van der Waals surface area contributed by atoms with Crippen LogP contribution in [0.1, 0.15) is 39.2 Å². The van der Waals surface area contributed by atoms with E-state index < -0.39 is 0 Å². The number of hydrogen-bond acceptors (Lipinski definition) is 4. The zero-order valence-corrected chi connectivity index (χ0v) is 17.6. The van der Waals surface area contributed by atoms with Gasteiger partial charge in [0.1, 0.15) is 4.32 Å². The number of anilines is 1. The van der Waals surface area contributed by atoms with Crippen molar-refractivity contribution in [1.82, 2.24) is 4.90 Å². The average Bonchev–Trinajstić information content (AvgIpc) is 3.01. The van der Waals surface area contributed by atoms with E-state index in [0.29, 0.717) is 21.3 Å². The average molecular weight is 439 g/mol. The molecule has 2 heterocycles. The third-order valence-corrected chi connectivity index (χ3v) is 6.38. The second-order valence-corrected chi connectivity index (χ2v) is 8.68. The van der Waals surface area contributed by atoms with Crippen LogP contribution in [-0.2, 0) is 9.59 Å². The molecule has 1 atom stereocenters. The van der Waals surface area contributed by atoms with Gasteiger partial charge in [-0.15, -0.1) is 0 Å². The highest BCUT2D eigenvalue weighted by Crippen LogP contribution is 2.45. The predicted octanol–water partition coefficient (Wildman–Crippen LogP) is 4.58. The minimum atomic E-state index is -0.156. The molecule has 2 aliphatic heterocycles. The van der Waals surface area contributed by atoms with Crippen LogP contribution in [-0.4, -0.2) is 33.6 Å². The van der Waals surface area contributed by atoms with Crippen LogP contribution < -0.4 is 4.90 Å². The van der Waals surface area contributed by atoms with Crippen LogP contribution in [0.25, 0.3) is 5.57 Å². The number of hydrogen-bond donors (Lipinski definition) is 0. The minimum Gasteiger partial charge on any atom is -0.308 e. The summed E-state index contributed by atoms with van der Waals surface area (Å²) in [6.07, 6.45) is 1.66. The standard InChI is InChI=1S/C18H19BrN2O2S2/c1-4-8-20-13-7-6-11(19)9-12(13)14(16(20)22)15-17(23)21(10(3)5-2)18(24)25-15/h6-7,9-10H,4-5,8H2,1-3H3. The van der Waals surface area contributed by atoms with Crippen LogP contribution in [0.4, 0.5) is 5.69 Å². The number of nitrogens with zero attached hydrogens (tertiary/aromatic N) is 2. The van der Waals surface area contributed by atoms with Crippen LogP contribution >= 0.6 is 39.9 Å².